The first-order valence-electron chi connectivity index (χ1n) is 13.5. The second kappa shape index (κ2) is 12.9. The molecule has 9 nitrogen and oxygen atoms in total. The molecule has 208 valence electrons. The van der Waals surface area contributed by atoms with E-state index in [0.29, 0.717) is 37.2 Å². The number of carbonyl (C=O) groups excluding carboxylic acids is 1. The minimum absolute atomic E-state index is 0.0699. The number of pyridine rings is 1. The Kier molecular flexibility index (Phi) is 9.32. The predicted molar refractivity (Wildman–Crippen MR) is 155 cm³/mol. The van der Waals surface area contributed by atoms with Crippen LogP contribution in [0.5, 0.6) is 0 Å². The zero-order valence-electron chi connectivity index (χ0n) is 22.7. The maximum absolute atomic E-state index is 15.1. The summed E-state index contributed by atoms with van der Waals surface area (Å²) in [5.74, 6) is 1.69. The summed E-state index contributed by atoms with van der Waals surface area (Å²) in [6.45, 7) is 4.45. The van der Waals surface area contributed by atoms with Crippen LogP contribution in [-0.2, 0) is 4.74 Å². The third kappa shape index (κ3) is 6.40. The van der Waals surface area contributed by atoms with Gasteiger partial charge in [-0.15, -0.1) is 0 Å². The number of rotatable bonds is 6. The Morgan fingerprint density at radius 1 is 1.23 bits per heavy atom. The number of aromatic nitrogens is 1. The van der Waals surface area contributed by atoms with Crippen molar-refractivity contribution in [2.24, 2.45) is 21.1 Å². The summed E-state index contributed by atoms with van der Waals surface area (Å²) in [7, 11) is 1.50. The lowest BCUT2D eigenvalue weighted by Crippen LogP contribution is -2.54. The number of benzene rings is 1. The van der Waals surface area contributed by atoms with E-state index in [-0.39, 0.29) is 41.6 Å². The molecule has 5 rings (SSSR count). The Bertz CT molecular complexity index is 1380. The highest BCUT2D eigenvalue weighted by Crippen LogP contribution is 2.57. The second-order valence-electron chi connectivity index (χ2n) is 10.5. The molecule has 3 fully saturated rings. The van der Waals surface area contributed by atoms with Gasteiger partial charge in [-0.05, 0) is 63.1 Å². The number of hydrogen-bond donors (Lipinski definition) is 1. The second-order valence-corrected chi connectivity index (χ2v) is 10.5. The Balaban J connectivity index is 0.00000181. The highest BCUT2D eigenvalue weighted by Gasteiger charge is 2.56. The number of nitrogens with two attached hydrogens (primary N) is 1. The molecule has 0 radical (unpaired) electrons. The fourth-order valence-electron chi connectivity index (χ4n) is 5.84. The van der Waals surface area contributed by atoms with Crippen LogP contribution >= 0.6 is 0 Å². The first-order chi connectivity index (χ1) is 19.4. The molecule has 1 aliphatic carbocycles. The lowest BCUT2D eigenvalue weighted by atomic mass is 9.24. The van der Waals surface area contributed by atoms with Gasteiger partial charge in [0.05, 0.1) is 12.2 Å². The molecule has 2 aliphatic heterocycles. The summed E-state index contributed by atoms with van der Waals surface area (Å²) in [6.07, 6.45) is 6.97. The number of nitrogens with zero attached hydrogens (tertiary/aromatic N) is 5. The summed E-state index contributed by atoms with van der Waals surface area (Å²) in [5, 5.41) is 8.99. The Labute approximate surface area is 233 Å². The zero-order valence-corrected chi connectivity index (χ0v) is 22.7. The van der Waals surface area contributed by atoms with E-state index in [1.807, 2.05) is 0 Å². The molecule has 3 heterocycles. The van der Waals surface area contributed by atoms with Gasteiger partial charge in [0.25, 0.3) is 12.3 Å². The van der Waals surface area contributed by atoms with Gasteiger partial charge in [0, 0.05) is 42.6 Å². The van der Waals surface area contributed by atoms with Crippen molar-refractivity contribution in [1.29, 1.82) is 5.26 Å². The normalized spacial score (nSPS) is 19.1. The van der Waals surface area contributed by atoms with Gasteiger partial charge >= 0.3 is 6.09 Å². The molecule has 1 aromatic carbocycles. The van der Waals surface area contributed by atoms with Crippen molar-refractivity contribution < 1.29 is 13.9 Å². The molecule has 3 aliphatic rings. The van der Waals surface area contributed by atoms with Crippen LogP contribution in [0, 0.1) is 16.6 Å². The van der Waals surface area contributed by atoms with Crippen molar-refractivity contribution in [1.82, 2.24) is 9.47 Å². The molecule has 2 saturated heterocycles. The first kappa shape index (κ1) is 29.0. The number of halogens is 1. The van der Waals surface area contributed by atoms with E-state index in [1.165, 1.54) is 17.7 Å². The van der Waals surface area contributed by atoms with Gasteiger partial charge in [-0.2, -0.15) is 0 Å². The highest BCUT2D eigenvalue weighted by atomic mass is 19.1. The maximum Gasteiger partial charge on any atom is 0.410 e. The molecule has 1 spiro atoms. The van der Waals surface area contributed by atoms with Crippen LogP contribution < -0.4 is 11.3 Å². The first-order valence-corrected chi connectivity index (χ1v) is 13.5. The maximum atomic E-state index is 15.1. The number of nitriles is 1. The molecule has 2 N–H and O–H groups in total. The molecular weight excluding hydrogens is 510 g/mol. The Hall–Kier alpha value is -4.04. The number of carbonyl (C=O) groups is 1. The van der Waals surface area contributed by atoms with Crippen molar-refractivity contribution in [3.05, 3.63) is 76.6 Å². The van der Waals surface area contributed by atoms with Gasteiger partial charge in [0.15, 0.2) is 5.83 Å². The van der Waals surface area contributed by atoms with Gasteiger partial charge in [-0.3, -0.25) is 19.3 Å². The molecule has 1 saturated carbocycles. The number of amides is 1. The lowest BCUT2D eigenvalue weighted by Gasteiger charge is -2.54. The van der Waals surface area contributed by atoms with E-state index in [4.69, 9.17) is 15.0 Å². The highest BCUT2D eigenvalue weighted by molar-refractivity contribution is 6.70. The fourth-order valence-corrected chi connectivity index (χ4v) is 5.84. The van der Waals surface area contributed by atoms with Crippen LogP contribution in [-0.4, -0.2) is 67.0 Å². The smallest absolute Gasteiger partial charge is 0.410 e. The van der Waals surface area contributed by atoms with Gasteiger partial charge in [0.1, 0.15) is 11.8 Å². The van der Waals surface area contributed by atoms with Crippen LogP contribution in [0.15, 0.2) is 75.5 Å². The summed E-state index contributed by atoms with van der Waals surface area (Å²) in [4.78, 5) is 34.9. The third-order valence-electron chi connectivity index (χ3n) is 7.82. The fraction of sp³-hybridized carbons (Fsp3) is 0.414. The molecule has 40 heavy (non-hydrogen) atoms. The van der Waals surface area contributed by atoms with E-state index in [9.17, 15) is 9.59 Å². The summed E-state index contributed by atoms with van der Waals surface area (Å²) < 4.78 is 22.3. The molecule has 2 aromatic rings. The van der Waals surface area contributed by atoms with Crippen LogP contribution in [0.1, 0.15) is 31.2 Å². The van der Waals surface area contributed by atoms with Crippen LogP contribution in [0.4, 0.5) is 9.18 Å². The SMILES string of the molecule is C=N/C=C(/F)C(=NC1CCN(C(=O)OC2CC3(CB(C#N)C3)C2)CC1)c1cccc(-n2ccccc2=O)c1.CN. The van der Waals surface area contributed by atoms with Gasteiger partial charge in [-0.1, -0.05) is 30.8 Å². The van der Waals surface area contributed by atoms with Crippen molar-refractivity contribution in [3.63, 3.8) is 0 Å². The van der Waals surface area contributed by atoms with E-state index in [1.54, 1.807) is 47.5 Å². The van der Waals surface area contributed by atoms with E-state index in [2.05, 4.69) is 23.4 Å². The minimum atomic E-state index is -0.618. The van der Waals surface area contributed by atoms with Crippen molar-refractivity contribution in [3.8, 4) is 11.7 Å². The number of ether oxygens (including phenoxy) is 1. The molecule has 0 unspecified atom stereocenters. The Morgan fingerprint density at radius 3 is 2.60 bits per heavy atom. The zero-order chi connectivity index (χ0) is 28.7. The molecular formula is C29H34BFN6O3. The molecule has 1 aromatic heterocycles. The monoisotopic (exact) mass is 544 g/mol. The van der Waals surface area contributed by atoms with Crippen molar-refractivity contribution >= 4 is 25.2 Å². The van der Waals surface area contributed by atoms with E-state index in [0.717, 1.165) is 31.7 Å². The molecule has 11 heteroatoms. The largest absolute Gasteiger partial charge is 0.446 e. The van der Waals surface area contributed by atoms with E-state index < -0.39 is 5.83 Å². The summed E-state index contributed by atoms with van der Waals surface area (Å²) in [5.41, 5.74) is 5.78. The van der Waals surface area contributed by atoms with Crippen molar-refractivity contribution in [2.75, 3.05) is 20.1 Å². The minimum Gasteiger partial charge on any atom is -0.446 e. The third-order valence-corrected chi connectivity index (χ3v) is 7.82. The summed E-state index contributed by atoms with van der Waals surface area (Å²) in [6, 6.07) is 11.7. The lowest BCUT2D eigenvalue weighted by molar-refractivity contribution is -0.0449. The predicted octanol–water partition coefficient (Wildman–Crippen LogP) is 4.03. The van der Waals surface area contributed by atoms with Gasteiger partial charge < -0.3 is 15.4 Å². The molecule has 0 bridgehead atoms. The average molecular weight is 544 g/mol. The summed E-state index contributed by atoms with van der Waals surface area (Å²) >= 11 is 0. The number of aliphatic imine (C=N–C) groups is 2. The standard InChI is InChI=1S/C28H29BFN5O3.CH5N/c1-32-16-24(30)26(20-5-4-6-22(13-20)35-10-3-2-7-25(35)36)33-21-8-11-34(12-9-21)27(37)38-23-14-28(15-23)17-29(18-28)19-31;1-2/h2-7,10,13,16,21,23H,1,8-9,11-12,14-15,17-18H2;2H2,1H3/b24-16+,33-26?;. The average Bonchev–Trinajstić information content (AvgIpc) is 2.94. The van der Waals surface area contributed by atoms with Crippen LogP contribution in [0.25, 0.3) is 5.69 Å². The van der Waals surface area contributed by atoms with Gasteiger partial charge in [0.2, 0.25) is 0 Å². The van der Waals surface area contributed by atoms with Crippen molar-refractivity contribution in [2.45, 2.75) is 50.5 Å². The number of hydrogen-bond acceptors (Lipinski definition) is 7. The van der Waals surface area contributed by atoms with Crippen LogP contribution in [0.3, 0.4) is 0 Å². The number of allylic oxidation sites excluding steroid dienone is 1. The molecule has 1 amide bonds. The Morgan fingerprint density at radius 2 is 1.95 bits per heavy atom. The van der Waals surface area contributed by atoms with E-state index >= 15 is 4.39 Å². The van der Waals surface area contributed by atoms with Gasteiger partial charge in [-0.25, -0.2) is 14.4 Å². The van der Waals surface area contributed by atoms with Crippen LogP contribution in [0.2, 0.25) is 12.6 Å². The molecule has 0 atom stereocenters. The number of likely N-dealkylation sites (tertiary alicyclic amines) is 1. The number of piperidine rings is 1. The topological polar surface area (TPSA) is 126 Å². The quantitative estimate of drug-likeness (QED) is 0.434.